The number of carbonyl (C=O) groups is 2. The molecule has 1 aliphatic heterocycles. The molecule has 2 aromatic rings. The molecule has 0 atom stereocenters. The van der Waals surface area contributed by atoms with E-state index in [9.17, 15) is 9.59 Å². The molecule has 1 aliphatic rings. The number of nitrogens with zero attached hydrogens (tertiary/aromatic N) is 3. The maximum absolute atomic E-state index is 12.6. The highest BCUT2D eigenvalue weighted by molar-refractivity contribution is 5.97. The summed E-state index contributed by atoms with van der Waals surface area (Å²) in [6.45, 7) is 2.17. The largest absolute Gasteiger partial charge is 0.453 e. The van der Waals surface area contributed by atoms with Crippen molar-refractivity contribution in [3.05, 3.63) is 30.2 Å². The highest BCUT2D eigenvalue weighted by Crippen LogP contribution is 2.16. The van der Waals surface area contributed by atoms with Crippen LogP contribution < -0.4 is 0 Å². The van der Waals surface area contributed by atoms with Crippen molar-refractivity contribution >= 4 is 23.1 Å². The summed E-state index contributed by atoms with van der Waals surface area (Å²) in [4.78, 5) is 31.6. The molecule has 0 aliphatic carbocycles. The lowest BCUT2D eigenvalue weighted by Crippen LogP contribution is -2.37. The number of oxazole rings is 1. The molecule has 2 amide bonds. The minimum absolute atomic E-state index is 0.0648. The van der Waals surface area contributed by atoms with Crippen LogP contribution in [0.4, 0.5) is 4.79 Å². The van der Waals surface area contributed by atoms with E-state index in [1.54, 1.807) is 28.0 Å². The second-order valence-electron chi connectivity index (χ2n) is 5.14. The maximum Gasteiger partial charge on any atom is 0.409 e. The van der Waals surface area contributed by atoms with Crippen molar-refractivity contribution in [1.82, 2.24) is 14.8 Å². The van der Waals surface area contributed by atoms with Gasteiger partial charge in [-0.3, -0.25) is 4.79 Å². The zero-order valence-corrected chi connectivity index (χ0v) is 12.3. The van der Waals surface area contributed by atoms with Crippen molar-refractivity contribution in [2.75, 3.05) is 33.3 Å². The first-order valence-electron chi connectivity index (χ1n) is 7.14. The normalized spacial score (nSPS) is 15.7. The second-order valence-corrected chi connectivity index (χ2v) is 5.14. The van der Waals surface area contributed by atoms with Gasteiger partial charge in [0.2, 0.25) is 0 Å². The lowest BCUT2D eigenvalue weighted by atomic mass is 10.1. The van der Waals surface area contributed by atoms with Crippen LogP contribution in [0.25, 0.3) is 11.1 Å². The first-order valence-corrected chi connectivity index (χ1v) is 7.14. The fourth-order valence-corrected chi connectivity index (χ4v) is 2.60. The van der Waals surface area contributed by atoms with E-state index in [-0.39, 0.29) is 12.0 Å². The Labute approximate surface area is 127 Å². The van der Waals surface area contributed by atoms with E-state index in [1.165, 1.54) is 13.5 Å². The number of methoxy groups -OCH3 is 1. The van der Waals surface area contributed by atoms with Crippen molar-refractivity contribution in [2.45, 2.75) is 6.42 Å². The predicted molar refractivity (Wildman–Crippen MR) is 78.5 cm³/mol. The molecule has 0 radical (unpaired) electrons. The lowest BCUT2D eigenvalue weighted by molar-refractivity contribution is 0.0757. The third-order valence-corrected chi connectivity index (χ3v) is 3.79. The number of amides is 2. The van der Waals surface area contributed by atoms with Crippen molar-refractivity contribution < 1.29 is 18.7 Å². The maximum atomic E-state index is 12.6. The molecule has 2 heterocycles. The van der Waals surface area contributed by atoms with E-state index >= 15 is 0 Å². The Morgan fingerprint density at radius 1 is 1.18 bits per heavy atom. The van der Waals surface area contributed by atoms with Gasteiger partial charge in [0, 0.05) is 31.7 Å². The Morgan fingerprint density at radius 2 is 1.95 bits per heavy atom. The molecular formula is C15H17N3O4. The summed E-state index contributed by atoms with van der Waals surface area (Å²) in [6, 6.07) is 5.22. The van der Waals surface area contributed by atoms with Crippen LogP contribution in [0.1, 0.15) is 16.8 Å². The zero-order chi connectivity index (χ0) is 15.5. The van der Waals surface area contributed by atoms with Gasteiger partial charge in [-0.05, 0) is 24.6 Å². The highest BCUT2D eigenvalue weighted by Gasteiger charge is 2.23. The number of hydrogen-bond donors (Lipinski definition) is 0. The molecular weight excluding hydrogens is 286 g/mol. The van der Waals surface area contributed by atoms with E-state index in [1.807, 2.05) is 0 Å². The molecule has 0 spiro atoms. The number of carbonyl (C=O) groups excluding carboxylic acids is 2. The van der Waals surface area contributed by atoms with Crippen molar-refractivity contribution in [1.29, 1.82) is 0 Å². The van der Waals surface area contributed by atoms with Gasteiger partial charge in [-0.15, -0.1) is 0 Å². The molecule has 0 bridgehead atoms. The molecule has 0 saturated carbocycles. The van der Waals surface area contributed by atoms with E-state index < -0.39 is 0 Å². The molecule has 3 rings (SSSR count). The van der Waals surface area contributed by atoms with Gasteiger partial charge in [0.15, 0.2) is 12.0 Å². The Bertz CT molecular complexity index is 697. The van der Waals surface area contributed by atoms with Crippen LogP contribution in [0.3, 0.4) is 0 Å². The van der Waals surface area contributed by atoms with Gasteiger partial charge in [0.05, 0.1) is 7.11 Å². The summed E-state index contributed by atoms with van der Waals surface area (Å²) in [7, 11) is 1.36. The Balaban J connectivity index is 1.73. The average molecular weight is 303 g/mol. The summed E-state index contributed by atoms with van der Waals surface area (Å²) in [6.07, 6.45) is 1.74. The van der Waals surface area contributed by atoms with Gasteiger partial charge in [-0.2, -0.15) is 0 Å². The van der Waals surface area contributed by atoms with E-state index in [4.69, 9.17) is 9.15 Å². The third-order valence-electron chi connectivity index (χ3n) is 3.79. The fraction of sp³-hybridized carbons (Fsp3) is 0.400. The van der Waals surface area contributed by atoms with Gasteiger partial charge in [0.1, 0.15) is 5.52 Å². The number of ether oxygens (including phenoxy) is 1. The monoisotopic (exact) mass is 303 g/mol. The van der Waals surface area contributed by atoms with Crippen LogP contribution >= 0.6 is 0 Å². The van der Waals surface area contributed by atoms with Gasteiger partial charge in [-0.1, -0.05) is 0 Å². The molecule has 1 saturated heterocycles. The zero-order valence-electron chi connectivity index (χ0n) is 12.3. The standard InChI is InChI=1S/C15H17N3O4/c1-21-15(20)18-6-2-5-17(7-8-18)14(19)11-3-4-12-13(9-11)22-10-16-12/h3-4,9-10H,2,5-8H2,1H3. The van der Waals surface area contributed by atoms with Crippen LogP contribution in [-0.4, -0.2) is 60.1 Å². The molecule has 0 unspecified atom stereocenters. The minimum atomic E-state index is -0.350. The average Bonchev–Trinajstić information content (AvgIpc) is 2.88. The van der Waals surface area contributed by atoms with Crippen molar-refractivity contribution in [2.24, 2.45) is 0 Å². The summed E-state index contributed by atoms with van der Waals surface area (Å²) >= 11 is 0. The molecule has 1 fully saturated rings. The predicted octanol–water partition coefficient (Wildman–Crippen LogP) is 1.74. The third kappa shape index (κ3) is 2.74. The van der Waals surface area contributed by atoms with Gasteiger partial charge < -0.3 is 19.0 Å². The summed E-state index contributed by atoms with van der Waals surface area (Å²) in [5, 5.41) is 0. The van der Waals surface area contributed by atoms with Crippen molar-refractivity contribution in [3.8, 4) is 0 Å². The summed E-state index contributed by atoms with van der Waals surface area (Å²) < 4.78 is 9.96. The van der Waals surface area contributed by atoms with Gasteiger partial charge in [-0.25, -0.2) is 9.78 Å². The van der Waals surface area contributed by atoms with Crippen LogP contribution in [0.2, 0.25) is 0 Å². The molecule has 1 aromatic heterocycles. The summed E-state index contributed by atoms with van der Waals surface area (Å²) in [5.41, 5.74) is 1.89. The van der Waals surface area contributed by atoms with E-state index in [0.717, 1.165) is 11.9 Å². The Morgan fingerprint density at radius 3 is 2.77 bits per heavy atom. The molecule has 7 nitrogen and oxygen atoms in total. The number of aromatic nitrogens is 1. The van der Waals surface area contributed by atoms with E-state index in [2.05, 4.69) is 4.98 Å². The minimum Gasteiger partial charge on any atom is -0.453 e. The Hall–Kier alpha value is -2.57. The second kappa shape index (κ2) is 6.05. The van der Waals surface area contributed by atoms with Crippen LogP contribution in [-0.2, 0) is 4.74 Å². The van der Waals surface area contributed by atoms with Gasteiger partial charge >= 0.3 is 6.09 Å². The Kier molecular flexibility index (Phi) is 3.95. The lowest BCUT2D eigenvalue weighted by Gasteiger charge is -2.21. The smallest absolute Gasteiger partial charge is 0.409 e. The van der Waals surface area contributed by atoms with Crippen LogP contribution in [0, 0.1) is 0 Å². The van der Waals surface area contributed by atoms with Crippen LogP contribution in [0.15, 0.2) is 29.0 Å². The topological polar surface area (TPSA) is 75.9 Å². The fourth-order valence-electron chi connectivity index (χ4n) is 2.60. The van der Waals surface area contributed by atoms with E-state index in [0.29, 0.717) is 37.3 Å². The molecule has 0 N–H and O–H groups in total. The summed E-state index contributed by atoms with van der Waals surface area (Å²) in [5.74, 6) is -0.0648. The number of hydrogen-bond acceptors (Lipinski definition) is 5. The van der Waals surface area contributed by atoms with Crippen LogP contribution in [0.5, 0.6) is 0 Å². The number of fused-ring (bicyclic) bond motifs is 1. The first-order chi connectivity index (χ1) is 10.7. The SMILES string of the molecule is COC(=O)N1CCCN(C(=O)c2ccc3ncoc3c2)CC1. The molecule has 7 heteroatoms. The van der Waals surface area contributed by atoms with Crippen molar-refractivity contribution in [3.63, 3.8) is 0 Å². The number of benzene rings is 1. The molecule has 22 heavy (non-hydrogen) atoms. The van der Waals surface area contributed by atoms with Gasteiger partial charge in [0.25, 0.3) is 5.91 Å². The molecule has 116 valence electrons. The first kappa shape index (κ1) is 14.4. The number of rotatable bonds is 1. The quantitative estimate of drug-likeness (QED) is 0.802. The molecule has 1 aromatic carbocycles. The highest BCUT2D eigenvalue weighted by atomic mass is 16.5.